The van der Waals surface area contributed by atoms with Gasteiger partial charge in [-0.25, -0.2) is 14.3 Å². The van der Waals surface area contributed by atoms with Gasteiger partial charge in [0, 0.05) is 11.6 Å². The number of nitrogens with zero attached hydrogens (tertiary/aromatic N) is 2. The lowest BCUT2D eigenvalue weighted by Crippen LogP contribution is -2.11. The maximum absolute atomic E-state index is 10.9. The van der Waals surface area contributed by atoms with E-state index >= 15 is 0 Å². The molecule has 80 valence electrons. The predicted octanol–water partition coefficient (Wildman–Crippen LogP) is 1.66. The monoisotopic (exact) mass is 207 g/mol. The maximum Gasteiger partial charge on any atom is 0.341 e. The van der Waals surface area contributed by atoms with Crippen LogP contribution in [0.3, 0.4) is 0 Å². The highest BCUT2D eigenvalue weighted by Crippen LogP contribution is 2.22. The third kappa shape index (κ3) is 1.49. The van der Waals surface area contributed by atoms with E-state index in [0.717, 1.165) is 5.69 Å². The molecule has 15 heavy (non-hydrogen) atoms. The summed E-state index contributed by atoms with van der Waals surface area (Å²) in [6.07, 6.45) is 3.26. The summed E-state index contributed by atoms with van der Waals surface area (Å²) in [5, 5.41) is 11.7. The van der Waals surface area contributed by atoms with Gasteiger partial charge in [0.15, 0.2) is 5.65 Å². The van der Waals surface area contributed by atoms with E-state index in [9.17, 15) is 4.79 Å². The Morgan fingerprint density at radius 1 is 1.53 bits per heavy atom. The predicted molar refractivity (Wildman–Crippen MR) is 55.2 cm³/mol. The Kier molecular flexibility index (Phi) is 1.86. The summed E-state index contributed by atoms with van der Waals surface area (Å²) in [7, 11) is 0. The average Bonchev–Trinajstić information content (AvgIpc) is 2.56. The zero-order chi connectivity index (χ0) is 11.2. The number of fused-ring (bicyclic) bond motifs is 1. The van der Waals surface area contributed by atoms with Gasteiger partial charge < -0.3 is 5.11 Å². The summed E-state index contributed by atoms with van der Waals surface area (Å²) in [6, 6.07) is 0. The first-order chi connectivity index (χ1) is 6.89. The number of carbonyl (C=O) groups is 1. The van der Waals surface area contributed by atoms with Crippen LogP contribution in [0.15, 0.2) is 12.4 Å². The zero-order valence-corrected chi connectivity index (χ0v) is 8.90. The standard InChI is InChI=1S/C10H13N3O2/c1-10(2,3)7-5-13-8(12-7)6(4-11-13)9(14)15/h4-5,11H,1-3H3,(H,14,15). The molecule has 5 nitrogen and oxygen atoms in total. The molecular weight excluding hydrogens is 194 g/mol. The van der Waals surface area contributed by atoms with E-state index in [4.69, 9.17) is 5.11 Å². The number of carboxylic acid groups (broad SMARTS) is 1. The maximum atomic E-state index is 10.9. The molecule has 0 amide bonds. The molecule has 0 radical (unpaired) electrons. The molecule has 2 heterocycles. The van der Waals surface area contributed by atoms with Gasteiger partial charge in [-0.05, 0) is 0 Å². The van der Waals surface area contributed by atoms with Crippen LogP contribution in [0.5, 0.6) is 0 Å². The van der Waals surface area contributed by atoms with Gasteiger partial charge >= 0.3 is 5.97 Å². The first kappa shape index (κ1) is 9.76. The Balaban J connectivity index is 2.62. The van der Waals surface area contributed by atoms with Gasteiger partial charge in [-0.1, -0.05) is 20.8 Å². The van der Waals surface area contributed by atoms with Crippen LogP contribution in [-0.4, -0.2) is 25.7 Å². The van der Waals surface area contributed by atoms with Gasteiger partial charge in [-0.2, -0.15) is 0 Å². The second kappa shape index (κ2) is 2.85. The van der Waals surface area contributed by atoms with Gasteiger partial charge in [0.05, 0.1) is 11.9 Å². The van der Waals surface area contributed by atoms with Crippen LogP contribution in [0.25, 0.3) is 5.65 Å². The minimum atomic E-state index is -0.965. The Hall–Kier alpha value is -1.78. The van der Waals surface area contributed by atoms with Crippen LogP contribution < -0.4 is 0 Å². The van der Waals surface area contributed by atoms with Crippen molar-refractivity contribution in [2.24, 2.45) is 0 Å². The van der Waals surface area contributed by atoms with Crippen molar-refractivity contribution in [3.05, 3.63) is 23.7 Å². The molecule has 0 saturated carbocycles. The van der Waals surface area contributed by atoms with E-state index in [2.05, 4.69) is 10.1 Å². The highest BCUT2D eigenvalue weighted by molar-refractivity contribution is 5.94. The quantitative estimate of drug-likeness (QED) is 0.747. The van der Waals surface area contributed by atoms with Crippen LogP contribution in [0.2, 0.25) is 0 Å². The molecular formula is C10H13N3O2. The van der Waals surface area contributed by atoms with Gasteiger partial charge in [-0.3, -0.25) is 5.10 Å². The van der Waals surface area contributed by atoms with Crippen molar-refractivity contribution in [2.75, 3.05) is 0 Å². The molecule has 2 rings (SSSR count). The SMILES string of the molecule is CC(C)(C)c1cn2[nH]cc(C(=O)O)c2n1. The molecule has 0 saturated heterocycles. The summed E-state index contributed by atoms with van der Waals surface area (Å²) in [5.41, 5.74) is 1.46. The summed E-state index contributed by atoms with van der Waals surface area (Å²) in [5.74, 6) is -0.965. The number of aromatic amines is 1. The summed E-state index contributed by atoms with van der Waals surface area (Å²) in [6.45, 7) is 6.11. The number of hydrogen-bond donors (Lipinski definition) is 2. The molecule has 0 aliphatic heterocycles. The third-order valence-corrected chi connectivity index (χ3v) is 2.29. The van der Waals surface area contributed by atoms with Crippen molar-refractivity contribution < 1.29 is 9.90 Å². The van der Waals surface area contributed by atoms with Crippen LogP contribution in [0.1, 0.15) is 36.8 Å². The second-order valence-electron chi connectivity index (χ2n) is 4.56. The van der Waals surface area contributed by atoms with E-state index in [1.54, 1.807) is 4.52 Å². The Labute approximate surface area is 86.7 Å². The highest BCUT2D eigenvalue weighted by Gasteiger charge is 2.20. The van der Waals surface area contributed by atoms with Gasteiger partial charge in [0.1, 0.15) is 5.56 Å². The molecule has 2 aromatic heterocycles. The molecule has 0 bridgehead atoms. The van der Waals surface area contributed by atoms with Crippen molar-refractivity contribution in [1.29, 1.82) is 0 Å². The summed E-state index contributed by atoms with van der Waals surface area (Å²) < 4.78 is 1.63. The molecule has 0 atom stereocenters. The molecule has 0 aromatic carbocycles. The van der Waals surface area contributed by atoms with E-state index in [-0.39, 0.29) is 11.0 Å². The third-order valence-electron chi connectivity index (χ3n) is 2.29. The Bertz CT molecular complexity index is 516. The fourth-order valence-electron chi connectivity index (χ4n) is 1.39. The van der Waals surface area contributed by atoms with Crippen molar-refractivity contribution >= 4 is 11.6 Å². The van der Waals surface area contributed by atoms with E-state index in [1.807, 2.05) is 27.0 Å². The molecule has 0 spiro atoms. The largest absolute Gasteiger partial charge is 0.477 e. The average molecular weight is 207 g/mol. The van der Waals surface area contributed by atoms with Crippen molar-refractivity contribution in [2.45, 2.75) is 26.2 Å². The number of H-pyrrole nitrogens is 1. The molecule has 0 aliphatic rings. The van der Waals surface area contributed by atoms with Crippen LogP contribution in [0, 0.1) is 0 Å². The molecule has 0 unspecified atom stereocenters. The first-order valence-corrected chi connectivity index (χ1v) is 4.70. The van der Waals surface area contributed by atoms with Crippen molar-refractivity contribution in [3.8, 4) is 0 Å². The topological polar surface area (TPSA) is 70.4 Å². The Morgan fingerprint density at radius 3 is 2.73 bits per heavy atom. The lowest BCUT2D eigenvalue weighted by atomic mass is 9.93. The minimum Gasteiger partial charge on any atom is -0.477 e. The van der Waals surface area contributed by atoms with Crippen LogP contribution >= 0.6 is 0 Å². The smallest absolute Gasteiger partial charge is 0.341 e. The van der Waals surface area contributed by atoms with Gasteiger partial charge in [-0.15, -0.1) is 0 Å². The molecule has 0 fully saturated rings. The second-order valence-corrected chi connectivity index (χ2v) is 4.56. The number of hydrogen-bond acceptors (Lipinski definition) is 2. The number of rotatable bonds is 1. The molecule has 5 heteroatoms. The number of carboxylic acids is 1. The van der Waals surface area contributed by atoms with Gasteiger partial charge in [0.2, 0.25) is 0 Å². The number of imidazole rings is 1. The normalized spacial score (nSPS) is 12.2. The number of aromatic nitrogens is 3. The summed E-state index contributed by atoms with van der Waals surface area (Å²) in [4.78, 5) is 15.2. The summed E-state index contributed by atoms with van der Waals surface area (Å²) >= 11 is 0. The lowest BCUT2D eigenvalue weighted by molar-refractivity contribution is 0.0699. The van der Waals surface area contributed by atoms with Gasteiger partial charge in [0.25, 0.3) is 0 Å². The van der Waals surface area contributed by atoms with Crippen LogP contribution in [0.4, 0.5) is 0 Å². The van der Waals surface area contributed by atoms with E-state index in [1.165, 1.54) is 6.20 Å². The van der Waals surface area contributed by atoms with Crippen molar-refractivity contribution in [1.82, 2.24) is 14.6 Å². The van der Waals surface area contributed by atoms with Crippen LogP contribution in [-0.2, 0) is 5.41 Å². The minimum absolute atomic E-state index is 0.0807. The fraction of sp³-hybridized carbons (Fsp3) is 0.400. The molecule has 2 aromatic rings. The lowest BCUT2D eigenvalue weighted by Gasteiger charge is -2.13. The highest BCUT2D eigenvalue weighted by atomic mass is 16.4. The van der Waals surface area contributed by atoms with Crippen molar-refractivity contribution in [3.63, 3.8) is 0 Å². The zero-order valence-electron chi connectivity index (χ0n) is 8.90. The Morgan fingerprint density at radius 2 is 2.20 bits per heavy atom. The fourth-order valence-corrected chi connectivity index (χ4v) is 1.39. The molecule has 2 N–H and O–H groups in total. The number of aromatic carboxylic acids is 1. The number of nitrogens with one attached hydrogen (secondary N) is 1. The van der Waals surface area contributed by atoms with E-state index < -0.39 is 5.97 Å². The first-order valence-electron chi connectivity index (χ1n) is 4.70. The van der Waals surface area contributed by atoms with E-state index in [0.29, 0.717) is 5.65 Å². The molecule has 0 aliphatic carbocycles.